The maximum absolute atomic E-state index is 13.6. The summed E-state index contributed by atoms with van der Waals surface area (Å²) in [6, 6.07) is 22.4. The monoisotopic (exact) mass is 486 g/mol. The Bertz CT molecular complexity index is 1310. The van der Waals surface area contributed by atoms with E-state index in [-0.39, 0.29) is 11.3 Å². The lowest BCUT2D eigenvalue weighted by atomic mass is 9.88. The van der Waals surface area contributed by atoms with Crippen LogP contribution in [0.1, 0.15) is 22.3 Å². The van der Waals surface area contributed by atoms with Crippen LogP contribution in [0.15, 0.2) is 78.9 Å². The predicted octanol–water partition coefficient (Wildman–Crippen LogP) is 3.18. The van der Waals surface area contributed by atoms with Crippen molar-refractivity contribution in [3.8, 4) is 0 Å². The minimum Gasteiger partial charge on any atom is -0.375 e. The second-order valence-electron chi connectivity index (χ2n) is 9.10. The number of nitrogens with zero attached hydrogens (tertiary/aromatic N) is 4. The summed E-state index contributed by atoms with van der Waals surface area (Å²) in [5, 5.41) is 22.6. The average Bonchev–Trinajstić information content (AvgIpc) is 3.11. The molecule has 5 rings (SSSR count). The van der Waals surface area contributed by atoms with Gasteiger partial charge in [0.05, 0.1) is 23.7 Å². The second-order valence-corrected chi connectivity index (χ2v) is 9.10. The zero-order valence-corrected chi connectivity index (χ0v) is 19.6. The first-order valence-electron chi connectivity index (χ1n) is 11.8. The highest BCUT2D eigenvalue weighted by atomic mass is 16.6. The van der Waals surface area contributed by atoms with Gasteiger partial charge >= 0.3 is 0 Å². The molecular weight excluding hydrogens is 460 g/mol. The maximum atomic E-state index is 13.6. The van der Waals surface area contributed by atoms with Crippen LogP contribution in [0.4, 0.5) is 17.1 Å². The summed E-state index contributed by atoms with van der Waals surface area (Å²) in [5.74, 6) is -1.10. The quantitative estimate of drug-likeness (QED) is 0.311. The van der Waals surface area contributed by atoms with E-state index in [9.17, 15) is 24.8 Å². The van der Waals surface area contributed by atoms with Gasteiger partial charge in [-0.3, -0.25) is 29.5 Å². The molecule has 1 amide bonds. The fourth-order valence-corrected chi connectivity index (χ4v) is 4.93. The maximum Gasteiger partial charge on any atom is 0.270 e. The number of Topliss-reactive ketones (excluding diaryl/α,β-unsaturated/α-hetero) is 1. The van der Waals surface area contributed by atoms with Crippen LogP contribution in [0, 0.1) is 10.1 Å². The molecule has 9 nitrogen and oxygen atoms in total. The Morgan fingerprint density at radius 3 is 2.36 bits per heavy atom. The standard InChI is InChI=1S/C27H26N4O5/c32-25(20-7-6-10-22(17-20)31(35)36)18-27(34)23-11-4-5-12-24(23)30(26(27)33)19-28-13-15-29(16-14-28)21-8-2-1-3-9-21/h1-12,17,34H,13-16,18-19H2. The number of carbonyl (C=O) groups excluding carboxylic acids is 2. The first-order valence-corrected chi connectivity index (χ1v) is 11.8. The van der Waals surface area contributed by atoms with Crippen molar-refractivity contribution in [2.24, 2.45) is 0 Å². The fraction of sp³-hybridized carbons (Fsp3) is 0.259. The Kier molecular flexibility index (Phi) is 6.26. The Morgan fingerprint density at radius 1 is 0.944 bits per heavy atom. The molecule has 1 unspecified atom stereocenters. The van der Waals surface area contributed by atoms with Gasteiger partial charge in [-0.15, -0.1) is 0 Å². The second kappa shape index (κ2) is 9.52. The number of rotatable bonds is 7. The number of hydrogen-bond donors (Lipinski definition) is 1. The number of para-hydroxylation sites is 2. The molecule has 1 saturated heterocycles. The van der Waals surface area contributed by atoms with Gasteiger partial charge in [0.1, 0.15) is 0 Å². The van der Waals surface area contributed by atoms with Gasteiger partial charge in [-0.05, 0) is 18.2 Å². The van der Waals surface area contributed by atoms with Gasteiger partial charge in [0.15, 0.2) is 11.4 Å². The van der Waals surface area contributed by atoms with Gasteiger partial charge in [-0.25, -0.2) is 0 Å². The van der Waals surface area contributed by atoms with Crippen molar-refractivity contribution < 1.29 is 19.6 Å². The van der Waals surface area contributed by atoms with Crippen LogP contribution in [0.5, 0.6) is 0 Å². The van der Waals surface area contributed by atoms with Crippen molar-refractivity contribution in [2.45, 2.75) is 12.0 Å². The molecule has 2 heterocycles. The lowest BCUT2D eigenvalue weighted by Gasteiger charge is -2.38. The van der Waals surface area contributed by atoms with Crippen molar-refractivity contribution in [1.82, 2.24) is 4.90 Å². The van der Waals surface area contributed by atoms with Crippen LogP contribution >= 0.6 is 0 Å². The van der Waals surface area contributed by atoms with Crippen LogP contribution in [0.25, 0.3) is 0 Å². The third-order valence-electron chi connectivity index (χ3n) is 6.87. The zero-order valence-electron chi connectivity index (χ0n) is 19.6. The summed E-state index contributed by atoms with van der Waals surface area (Å²) in [6.45, 7) is 3.40. The summed E-state index contributed by atoms with van der Waals surface area (Å²) >= 11 is 0. The van der Waals surface area contributed by atoms with Gasteiger partial charge in [0.25, 0.3) is 11.6 Å². The van der Waals surface area contributed by atoms with Crippen molar-refractivity contribution in [3.05, 3.63) is 100 Å². The highest BCUT2D eigenvalue weighted by Crippen LogP contribution is 2.43. The van der Waals surface area contributed by atoms with Gasteiger partial charge in [0, 0.05) is 55.1 Å². The lowest BCUT2D eigenvalue weighted by Crippen LogP contribution is -2.52. The molecule has 3 aromatic rings. The fourth-order valence-electron chi connectivity index (χ4n) is 4.93. The summed E-state index contributed by atoms with van der Waals surface area (Å²) in [4.78, 5) is 43.1. The third-order valence-corrected chi connectivity index (χ3v) is 6.87. The number of aliphatic hydroxyl groups is 1. The normalized spacial score (nSPS) is 19.9. The number of anilines is 2. The molecule has 3 aromatic carbocycles. The van der Waals surface area contributed by atoms with Gasteiger partial charge in [-0.2, -0.15) is 0 Å². The highest BCUT2D eigenvalue weighted by Gasteiger charge is 2.51. The lowest BCUT2D eigenvalue weighted by molar-refractivity contribution is -0.384. The van der Waals surface area contributed by atoms with Crippen LogP contribution in [-0.2, 0) is 10.4 Å². The van der Waals surface area contributed by atoms with Gasteiger partial charge in [-0.1, -0.05) is 48.5 Å². The summed E-state index contributed by atoms with van der Waals surface area (Å²) < 4.78 is 0. The van der Waals surface area contributed by atoms with E-state index < -0.39 is 28.6 Å². The number of amides is 1. The van der Waals surface area contributed by atoms with E-state index in [0.717, 1.165) is 31.9 Å². The Hall–Kier alpha value is -4.08. The molecule has 0 aromatic heterocycles. The molecule has 9 heteroatoms. The molecule has 0 bridgehead atoms. The molecule has 1 atom stereocenters. The number of non-ortho nitro benzene ring substituents is 1. The number of piperazine rings is 1. The van der Waals surface area contributed by atoms with Crippen molar-refractivity contribution >= 4 is 28.8 Å². The van der Waals surface area contributed by atoms with Crippen LogP contribution in [0.3, 0.4) is 0 Å². The van der Waals surface area contributed by atoms with Crippen molar-refractivity contribution in [3.63, 3.8) is 0 Å². The average molecular weight is 487 g/mol. The van der Waals surface area contributed by atoms with Crippen LogP contribution in [-0.4, -0.2) is 59.5 Å². The summed E-state index contributed by atoms with van der Waals surface area (Å²) in [6.07, 6.45) is -0.498. The van der Waals surface area contributed by atoms with E-state index in [1.165, 1.54) is 29.2 Å². The number of fused-ring (bicyclic) bond motifs is 1. The van der Waals surface area contributed by atoms with E-state index >= 15 is 0 Å². The molecular formula is C27H26N4O5. The Morgan fingerprint density at radius 2 is 1.64 bits per heavy atom. The smallest absolute Gasteiger partial charge is 0.270 e. The zero-order chi connectivity index (χ0) is 25.3. The molecule has 36 heavy (non-hydrogen) atoms. The topological polar surface area (TPSA) is 107 Å². The van der Waals surface area contributed by atoms with E-state index in [1.54, 1.807) is 24.3 Å². The van der Waals surface area contributed by atoms with E-state index in [1.807, 2.05) is 18.2 Å². The number of nitro groups is 1. The van der Waals surface area contributed by atoms with Crippen molar-refractivity contribution in [2.75, 3.05) is 42.6 Å². The Balaban J connectivity index is 1.33. The molecule has 0 radical (unpaired) electrons. The number of nitro benzene ring substituents is 1. The third kappa shape index (κ3) is 4.34. The predicted molar refractivity (Wildman–Crippen MR) is 135 cm³/mol. The van der Waals surface area contributed by atoms with E-state index in [0.29, 0.717) is 17.9 Å². The molecule has 2 aliphatic heterocycles. The molecule has 1 fully saturated rings. The number of hydrogen-bond acceptors (Lipinski definition) is 7. The summed E-state index contributed by atoms with van der Waals surface area (Å²) in [7, 11) is 0. The molecule has 1 N–H and O–H groups in total. The van der Waals surface area contributed by atoms with E-state index in [2.05, 4.69) is 21.9 Å². The number of ketones is 1. The van der Waals surface area contributed by atoms with Crippen LogP contribution in [0.2, 0.25) is 0 Å². The molecule has 0 spiro atoms. The SMILES string of the molecule is O=C(CC1(O)C(=O)N(CN2CCN(c3ccccc3)CC2)c2ccccc21)c1cccc([N+](=O)[O-])c1. The van der Waals surface area contributed by atoms with Crippen molar-refractivity contribution in [1.29, 1.82) is 0 Å². The Labute approximate surface area is 208 Å². The minimum absolute atomic E-state index is 0.0818. The first-order chi connectivity index (χ1) is 17.4. The van der Waals surface area contributed by atoms with E-state index in [4.69, 9.17) is 0 Å². The summed E-state index contributed by atoms with van der Waals surface area (Å²) in [5.41, 5.74) is -0.0714. The number of carbonyl (C=O) groups is 2. The number of benzene rings is 3. The minimum atomic E-state index is -2.04. The van der Waals surface area contributed by atoms with Crippen LogP contribution < -0.4 is 9.80 Å². The highest BCUT2D eigenvalue weighted by molar-refractivity contribution is 6.10. The molecule has 0 saturated carbocycles. The van der Waals surface area contributed by atoms with Gasteiger partial charge < -0.3 is 10.0 Å². The molecule has 184 valence electrons. The molecule has 0 aliphatic carbocycles. The first kappa shape index (κ1) is 23.7. The largest absolute Gasteiger partial charge is 0.375 e. The molecule has 2 aliphatic rings. The van der Waals surface area contributed by atoms with Gasteiger partial charge in [0.2, 0.25) is 0 Å².